The normalized spacial score (nSPS) is 11.8. The lowest BCUT2D eigenvalue weighted by molar-refractivity contribution is 0.285. The van der Waals surface area contributed by atoms with Crippen molar-refractivity contribution in [2.45, 2.75) is 31.2 Å². The predicted octanol–water partition coefficient (Wildman–Crippen LogP) is 1.73. The Morgan fingerprint density at radius 1 is 1.35 bits per heavy atom. The van der Waals surface area contributed by atoms with Crippen LogP contribution in [0.1, 0.15) is 21.6 Å². The fourth-order valence-corrected chi connectivity index (χ4v) is 4.20. The monoisotopic (exact) mass is 312 g/mol. The molecule has 2 aromatic heterocycles. The van der Waals surface area contributed by atoms with Gasteiger partial charge in [0.05, 0.1) is 6.61 Å². The van der Waals surface area contributed by atoms with E-state index in [1.54, 1.807) is 25.4 Å². The van der Waals surface area contributed by atoms with E-state index < -0.39 is 10.0 Å². The molecular formula is C13H16N2O3S2. The van der Waals surface area contributed by atoms with Crippen molar-refractivity contribution in [2.75, 3.05) is 0 Å². The van der Waals surface area contributed by atoms with Crippen LogP contribution < -0.4 is 4.72 Å². The quantitative estimate of drug-likeness (QED) is 0.881. The summed E-state index contributed by atoms with van der Waals surface area (Å²) in [6.45, 7) is 3.75. The fraction of sp³-hybridized carbons (Fsp3) is 0.308. The molecule has 2 heterocycles. The van der Waals surface area contributed by atoms with Crippen LogP contribution >= 0.6 is 11.3 Å². The lowest BCUT2D eigenvalue weighted by Gasteiger charge is -2.06. The van der Waals surface area contributed by atoms with Crippen LogP contribution in [0.5, 0.6) is 0 Å². The molecule has 0 bridgehead atoms. The van der Waals surface area contributed by atoms with Crippen LogP contribution in [0.2, 0.25) is 0 Å². The third kappa shape index (κ3) is 3.24. The smallest absolute Gasteiger partial charge is 0.250 e. The van der Waals surface area contributed by atoms with Gasteiger partial charge < -0.3 is 5.11 Å². The summed E-state index contributed by atoms with van der Waals surface area (Å²) in [4.78, 5) is 4.65. The third-order valence-electron chi connectivity index (χ3n) is 3.01. The molecule has 2 aromatic rings. The highest BCUT2D eigenvalue weighted by Gasteiger charge is 2.18. The van der Waals surface area contributed by atoms with Crippen LogP contribution in [0, 0.1) is 13.8 Å². The number of hydrogen-bond acceptors (Lipinski definition) is 5. The predicted molar refractivity (Wildman–Crippen MR) is 78.0 cm³/mol. The van der Waals surface area contributed by atoms with Gasteiger partial charge in [-0.1, -0.05) is 0 Å². The molecule has 2 N–H and O–H groups in total. The molecule has 0 radical (unpaired) electrons. The highest BCUT2D eigenvalue weighted by Crippen LogP contribution is 2.26. The summed E-state index contributed by atoms with van der Waals surface area (Å²) in [5.74, 6) is 0. The van der Waals surface area contributed by atoms with Crippen molar-refractivity contribution in [3.63, 3.8) is 0 Å². The number of aliphatic hydroxyl groups is 1. The second kappa shape index (κ2) is 6.01. The first-order valence-corrected chi connectivity index (χ1v) is 8.33. The Kier molecular flexibility index (Phi) is 4.54. The molecule has 7 heteroatoms. The number of nitrogens with one attached hydrogen (secondary N) is 1. The molecule has 0 spiro atoms. The van der Waals surface area contributed by atoms with E-state index in [0.717, 1.165) is 28.0 Å². The van der Waals surface area contributed by atoms with Gasteiger partial charge in [0.25, 0.3) is 0 Å². The number of rotatable bonds is 5. The first-order chi connectivity index (χ1) is 9.44. The van der Waals surface area contributed by atoms with Crippen LogP contribution in [-0.2, 0) is 23.2 Å². The van der Waals surface area contributed by atoms with Crippen LogP contribution in [0.15, 0.2) is 28.7 Å². The first kappa shape index (κ1) is 15.1. The summed E-state index contributed by atoms with van der Waals surface area (Å²) < 4.78 is 27.2. The Hall–Kier alpha value is -1.28. The van der Waals surface area contributed by atoms with Gasteiger partial charge in [-0.25, -0.2) is 13.1 Å². The SMILES string of the molecule is Cc1ccncc1CNS(=O)(=O)c1cc(C)c(CO)s1. The summed E-state index contributed by atoms with van der Waals surface area (Å²) in [7, 11) is -3.56. The maximum absolute atomic E-state index is 12.2. The first-order valence-electron chi connectivity index (χ1n) is 6.03. The summed E-state index contributed by atoms with van der Waals surface area (Å²) in [6.07, 6.45) is 3.32. The Morgan fingerprint density at radius 3 is 2.70 bits per heavy atom. The maximum Gasteiger partial charge on any atom is 0.250 e. The van der Waals surface area contributed by atoms with Crippen molar-refractivity contribution in [2.24, 2.45) is 0 Å². The second-order valence-corrected chi connectivity index (χ2v) is 7.59. The minimum atomic E-state index is -3.56. The molecule has 0 fully saturated rings. The summed E-state index contributed by atoms with van der Waals surface area (Å²) in [5.41, 5.74) is 2.61. The minimum absolute atomic E-state index is 0.145. The number of sulfonamides is 1. The van der Waals surface area contributed by atoms with Gasteiger partial charge in [0.15, 0.2) is 0 Å². The molecule has 0 amide bonds. The molecule has 0 aliphatic heterocycles. The lowest BCUT2D eigenvalue weighted by Crippen LogP contribution is -2.22. The summed E-state index contributed by atoms with van der Waals surface area (Å²) >= 11 is 1.09. The van der Waals surface area contributed by atoms with Crippen molar-refractivity contribution in [1.29, 1.82) is 0 Å². The number of nitrogens with zero attached hydrogens (tertiary/aromatic N) is 1. The average molecular weight is 312 g/mol. The molecule has 0 saturated carbocycles. The number of thiophene rings is 1. The van der Waals surface area contributed by atoms with E-state index in [1.165, 1.54) is 0 Å². The zero-order chi connectivity index (χ0) is 14.8. The van der Waals surface area contributed by atoms with Gasteiger partial charge in [-0.2, -0.15) is 0 Å². The van der Waals surface area contributed by atoms with E-state index in [1.807, 2.05) is 13.0 Å². The summed E-state index contributed by atoms with van der Waals surface area (Å²) in [6, 6.07) is 3.41. The molecule has 0 aliphatic rings. The Morgan fingerprint density at radius 2 is 2.10 bits per heavy atom. The molecule has 5 nitrogen and oxygen atoms in total. The topological polar surface area (TPSA) is 79.3 Å². The van der Waals surface area contributed by atoms with E-state index >= 15 is 0 Å². The summed E-state index contributed by atoms with van der Waals surface area (Å²) in [5, 5.41) is 9.13. The molecule has 20 heavy (non-hydrogen) atoms. The Bertz CT molecular complexity index is 708. The average Bonchev–Trinajstić information content (AvgIpc) is 2.80. The van der Waals surface area contributed by atoms with Crippen molar-refractivity contribution in [3.8, 4) is 0 Å². The highest BCUT2D eigenvalue weighted by molar-refractivity contribution is 7.91. The zero-order valence-corrected chi connectivity index (χ0v) is 12.9. The number of hydrogen-bond donors (Lipinski definition) is 2. The lowest BCUT2D eigenvalue weighted by atomic mass is 10.2. The maximum atomic E-state index is 12.2. The molecule has 0 aromatic carbocycles. The highest BCUT2D eigenvalue weighted by atomic mass is 32.2. The molecular weight excluding hydrogens is 296 g/mol. The minimum Gasteiger partial charge on any atom is -0.391 e. The van der Waals surface area contributed by atoms with Gasteiger partial charge >= 0.3 is 0 Å². The standard InChI is InChI=1S/C13H16N2O3S2/c1-9-3-4-14-6-11(9)7-15-20(17,18)13-5-10(2)12(8-16)19-13/h3-6,15-16H,7-8H2,1-2H3. The van der Waals surface area contributed by atoms with Gasteiger partial charge in [0, 0.05) is 23.8 Å². The molecule has 0 unspecified atom stereocenters. The fourth-order valence-electron chi connectivity index (χ4n) is 1.70. The van der Waals surface area contributed by atoms with Crippen LogP contribution in [0.4, 0.5) is 0 Å². The number of aryl methyl sites for hydroxylation is 2. The number of aliphatic hydroxyl groups excluding tert-OH is 1. The molecule has 2 rings (SSSR count). The Labute approximate surface area is 122 Å². The van der Waals surface area contributed by atoms with Crippen molar-refractivity contribution in [1.82, 2.24) is 9.71 Å². The molecule has 108 valence electrons. The van der Waals surface area contributed by atoms with Crippen molar-refractivity contribution >= 4 is 21.4 Å². The van der Waals surface area contributed by atoms with Crippen molar-refractivity contribution in [3.05, 3.63) is 46.1 Å². The third-order valence-corrected chi connectivity index (χ3v) is 6.10. The van der Waals surface area contributed by atoms with E-state index in [2.05, 4.69) is 9.71 Å². The van der Waals surface area contributed by atoms with Crippen LogP contribution in [-0.4, -0.2) is 18.5 Å². The van der Waals surface area contributed by atoms with E-state index in [-0.39, 0.29) is 17.4 Å². The molecule has 0 atom stereocenters. The van der Waals surface area contributed by atoms with Gasteiger partial charge in [-0.3, -0.25) is 4.98 Å². The van der Waals surface area contributed by atoms with E-state index in [0.29, 0.717) is 4.88 Å². The van der Waals surface area contributed by atoms with E-state index in [4.69, 9.17) is 5.11 Å². The molecule has 0 saturated heterocycles. The van der Waals surface area contributed by atoms with Gasteiger partial charge in [0.2, 0.25) is 10.0 Å². The van der Waals surface area contributed by atoms with Crippen molar-refractivity contribution < 1.29 is 13.5 Å². The Balaban J connectivity index is 2.17. The number of pyridine rings is 1. The molecule has 0 aliphatic carbocycles. The zero-order valence-electron chi connectivity index (χ0n) is 11.3. The largest absolute Gasteiger partial charge is 0.391 e. The van der Waals surface area contributed by atoms with Gasteiger partial charge in [-0.05, 0) is 42.7 Å². The number of aromatic nitrogens is 1. The van der Waals surface area contributed by atoms with Crippen LogP contribution in [0.3, 0.4) is 0 Å². The van der Waals surface area contributed by atoms with Gasteiger partial charge in [0.1, 0.15) is 4.21 Å². The van der Waals surface area contributed by atoms with E-state index in [9.17, 15) is 8.42 Å². The van der Waals surface area contributed by atoms with Crippen LogP contribution in [0.25, 0.3) is 0 Å². The second-order valence-electron chi connectivity index (χ2n) is 4.46. The van der Waals surface area contributed by atoms with Gasteiger partial charge in [-0.15, -0.1) is 11.3 Å².